The van der Waals surface area contributed by atoms with Crippen molar-refractivity contribution in [2.75, 3.05) is 19.6 Å². The van der Waals surface area contributed by atoms with Crippen LogP contribution in [0.2, 0.25) is 0 Å². The lowest BCUT2D eigenvalue weighted by Crippen LogP contribution is -2.40. The lowest BCUT2D eigenvalue weighted by molar-refractivity contribution is 0.258. The van der Waals surface area contributed by atoms with Crippen molar-refractivity contribution in [2.24, 2.45) is 11.7 Å². The van der Waals surface area contributed by atoms with E-state index in [9.17, 15) is 12.8 Å². The molecule has 0 spiro atoms. The van der Waals surface area contributed by atoms with E-state index in [2.05, 4.69) is 0 Å². The van der Waals surface area contributed by atoms with Crippen molar-refractivity contribution in [3.8, 4) is 0 Å². The average Bonchev–Trinajstić information content (AvgIpc) is 2.42. The van der Waals surface area contributed by atoms with Gasteiger partial charge in [-0.3, -0.25) is 0 Å². The average molecular weight is 300 g/mol. The van der Waals surface area contributed by atoms with Crippen LogP contribution in [0.25, 0.3) is 0 Å². The number of benzene rings is 1. The second-order valence-electron chi connectivity index (χ2n) is 5.33. The minimum Gasteiger partial charge on any atom is -0.330 e. The molecule has 6 heteroatoms. The van der Waals surface area contributed by atoms with Crippen LogP contribution in [0.5, 0.6) is 0 Å². The molecular weight excluding hydrogens is 279 g/mol. The van der Waals surface area contributed by atoms with Gasteiger partial charge in [-0.15, -0.1) is 0 Å². The van der Waals surface area contributed by atoms with Gasteiger partial charge in [0.1, 0.15) is 5.82 Å². The Kier molecular flexibility index (Phi) is 5.12. The fourth-order valence-electron chi connectivity index (χ4n) is 2.63. The lowest BCUT2D eigenvalue weighted by Gasteiger charge is -2.31. The van der Waals surface area contributed by atoms with Crippen LogP contribution < -0.4 is 5.73 Å². The van der Waals surface area contributed by atoms with Gasteiger partial charge in [-0.05, 0) is 49.4 Å². The summed E-state index contributed by atoms with van der Waals surface area (Å²) in [6.07, 6.45) is 2.79. The molecule has 20 heavy (non-hydrogen) atoms. The smallest absolute Gasteiger partial charge is 0.218 e. The monoisotopic (exact) mass is 300 g/mol. The van der Waals surface area contributed by atoms with Gasteiger partial charge in [-0.1, -0.05) is 12.1 Å². The van der Waals surface area contributed by atoms with Gasteiger partial charge in [0.2, 0.25) is 10.0 Å². The van der Waals surface area contributed by atoms with Crippen molar-refractivity contribution >= 4 is 10.0 Å². The quantitative estimate of drug-likeness (QED) is 0.900. The van der Waals surface area contributed by atoms with E-state index in [1.54, 1.807) is 4.31 Å². The van der Waals surface area contributed by atoms with Crippen LogP contribution >= 0.6 is 0 Å². The molecule has 1 heterocycles. The first-order chi connectivity index (χ1) is 9.51. The molecule has 1 atom stereocenters. The maximum atomic E-state index is 12.8. The number of hydrogen-bond donors (Lipinski definition) is 1. The third kappa shape index (κ3) is 4.01. The van der Waals surface area contributed by atoms with Crippen LogP contribution in [0.15, 0.2) is 24.3 Å². The third-order valence-corrected chi connectivity index (χ3v) is 5.53. The van der Waals surface area contributed by atoms with E-state index in [0.29, 0.717) is 31.1 Å². The highest BCUT2D eigenvalue weighted by molar-refractivity contribution is 7.88. The van der Waals surface area contributed by atoms with Crippen LogP contribution in [0.1, 0.15) is 24.8 Å². The zero-order chi connectivity index (χ0) is 14.6. The van der Waals surface area contributed by atoms with Gasteiger partial charge in [-0.2, -0.15) is 0 Å². The minimum absolute atomic E-state index is 0.0668. The SMILES string of the molecule is NCCC1CCCN(S(=O)(=O)Cc2ccc(F)cc2)C1. The summed E-state index contributed by atoms with van der Waals surface area (Å²) in [5, 5.41) is 0. The highest BCUT2D eigenvalue weighted by atomic mass is 32.2. The Balaban J connectivity index is 2.04. The number of hydrogen-bond acceptors (Lipinski definition) is 3. The van der Waals surface area contributed by atoms with Gasteiger partial charge in [0.15, 0.2) is 0 Å². The summed E-state index contributed by atoms with van der Waals surface area (Å²) in [7, 11) is -3.33. The lowest BCUT2D eigenvalue weighted by atomic mass is 9.96. The second-order valence-corrected chi connectivity index (χ2v) is 7.30. The number of sulfonamides is 1. The summed E-state index contributed by atoms with van der Waals surface area (Å²) >= 11 is 0. The summed E-state index contributed by atoms with van der Waals surface area (Å²) in [4.78, 5) is 0. The van der Waals surface area contributed by atoms with Gasteiger partial charge < -0.3 is 5.73 Å². The molecule has 0 aliphatic carbocycles. The maximum Gasteiger partial charge on any atom is 0.218 e. The fraction of sp³-hybridized carbons (Fsp3) is 0.571. The summed E-state index contributed by atoms with van der Waals surface area (Å²) in [6.45, 7) is 1.72. The molecule has 1 fully saturated rings. The maximum absolute atomic E-state index is 12.8. The van der Waals surface area contributed by atoms with Crippen LogP contribution in [0.4, 0.5) is 4.39 Å². The Morgan fingerprint density at radius 1 is 1.30 bits per heavy atom. The van der Waals surface area contributed by atoms with Crippen LogP contribution in [-0.4, -0.2) is 32.4 Å². The van der Waals surface area contributed by atoms with E-state index in [4.69, 9.17) is 5.73 Å². The first-order valence-corrected chi connectivity index (χ1v) is 8.54. The molecule has 1 aromatic rings. The normalized spacial score (nSPS) is 21.0. The molecule has 1 unspecified atom stereocenters. The first-order valence-electron chi connectivity index (χ1n) is 6.93. The molecular formula is C14H21FN2O2S. The number of nitrogens with zero attached hydrogens (tertiary/aromatic N) is 1. The first kappa shape index (κ1) is 15.4. The molecule has 0 bridgehead atoms. The molecule has 0 amide bonds. The molecule has 0 aromatic heterocycles. The molecule has 4 nitrogen and oxygen atoms in total. The van der Waals surface area contributed by atoms with Gasteiger partial charge in [0.05, 0.1) is 5.75 Å². The van der Waals surface area contributed by atoms with Crippen molar-refractivity contribution in [3.63, 3.8) is 0 Å². The van der Waals surface area contributed by atoms with Crippen molar-refractivity contribution in [1.82, 2.24) is 4.31 Å². The topological polar surface area (TPSA) is 63.4 Å². The Bertz CT molecular complexity index is 529. The van der Waals surface area contributed by atoms with Crippen LogP contribution in [-0.2, 0) is 15.8 Å². The fourth-order valence-corrected chi connectivity index (χ4v) is 4.27. The van der Waals surface area contributed by atoms with Gasteiger partial charge >= 0.3 is 0 Å². The third-order valence-electron chi connectivity index (χ3n) is 3.71. The van der Waals surface area contributed by atoms with Crippen molar-refractivity contribution in [3.05, 3.63) is 35.6 Å². The number of rotatable bonds is 5. The molecule has 0 saturated carbocycles. The number of halogens is 1. The van der Waals surface area contributed by atoms with Gasteiger partial charge in [0.25, 0.3) is 0 Å². The van der Waals surface area contributed by atoms with E-state index >= 15 is 0 Å². The molecule has 1 saturated heterocycles. The molecule has 1 aliphatic rings. The van der Waals surface area contributed by atoms with Gasteiger partial charge in [-0.25, -0.2) is 17.1 Å². The van der Waals surface area contributed by atoms with Crippen molar-refractivity contribution in [2.45, 2.75) is 25.0 Å². The van der Waals surface area contributed by atoms with Crippen molar-refractivity contribution < 1.29 is 12.8 Å². The Labute approximate surface area is 119 Å². The van der Waals surface area contributed by atoms with Crippen molar-refractivity contribution in [1.29, 1.82) is 0 Å². The van der Waals surface area contributed by atoms with Crippen LogP contribution in [0, 0.1) is 11.7 Å². The number of piperidine rings is 1. The summed E-state index contributed by atoms with van der Waals surface area (Å²) in [6, 6.07) is 5.62. The predicted octanol–water partition coefficient (Wildman–Crippen LogP) is 1.72. The molecule has 1 aromatic carbocycles. The highest BCUT2D eigenvalue weighted by Crippen LogP contribution is 2.23. The largest absolute Gasteiger partial charge is 0.330 e. The zero-order valence-corrected chi connectivity index (χ0v) is 12.3. The Morgan fingerprint density at radius 2 is 2.00 bits per heavy atom. The van der Waals surface area contributed by atoms with E-state index in [-0.39, 0.29) is 11.6 Å². The summed E-state index contributed by atoms with van der Waals surface area (Å²) in [5.74, 6) is -0.0633. The molecule has 2 N–H and O–H groups in total. The predicted molar refractivity (Wildman–Crippen MR) is 77.0 cm³/mol. The molecule has 1 aliphatic heterocycles. The Morgan fingerprint density at radius 3 is 2.65 bits per heavy atom. The summed E-state index contributed by atoms with van der Waals surface area (Å²) in [5.41, 5.74) is 6.17. The summed E-state index contributed by atoms with van der Waals surface area (Å²) < 4.78 is 39.2. The highest BCUT2D eigenvalue weighted by Gasteiger charge is 2.28. The minimum atomic E-state index is -3.33. The van der Waals surface area contributed by atoms with E-state index in [0.717, 1.165) is 19.3 Å². The van der Waals surface area contributed by atoms with Crippen LogP contribution in [0.3, 0.4) is 0 Å². The van der Waals surface area contributed by atoms with E-state index in [1.165, 1.54) is 24.3 Å². The zero-order valence-electron chi connectivity index (χ0n) is 11.5. The molecule has 2 rings (SSSR count). The van der Waals surface area contributed by atoms with E-state index < -0.39 is 10.0 Å². The Hall–Kier alpha value is -0.980. The molecule has 112 valence electrons. The van der Waals surface area contributed by atoms with Gasteiger partial charge in [0, 0.05) is 13.1 Å². The van der Waals surface area contributed by atoms with E-state index in [1.807, 2.05) is 0 Å². The second kappa shape index (κ2) is 6.65. The number of nitrogens with two attached hydrogens (primary N) is 1. The standard InChI is InChI=1S/C14H21FN2O2S/c15-14-5-3-13(4-6-14)11-20(18,19)17-9-1-2-12(10-17)7-8-16/h3-6,12H,1-2,7-11,16H2. The molecule has 0 radical (unpaired) electrons.